The van der Waals surface area contributed by atoms with Crippen LogP contribution in [0.1, 0.15) is 28.7 Å². The summed E-state index contributed by atoms with van der Waals surface area (Å²) in [5, 5.41) is 9.09. The van der Waals surface area contributed by atoms with E-state index in [2.05, 4.69) is 0 Å². The molecule has 0 amide bonds. The van der Waals surface area contributed by atoms with Crippen LogP contribution >= 0.6 is 0 Å². The molecule has 74 valence electrons. The molecule has 0 saturated carbocycles. The molecule has 2 nitrogen and oxygen atoms in total. The molecule has 1 aromatic rings. The largest absolute Gasteiger partial charge is 2.00 e. The molecule has 3 heteroatoms. The van der Waals surface area contributed by atoms with Gasteiger partial charge >= 0.3 is 43.7 Å². The van der Waals surface area contributed by atoms with E-state index in [1.165, 1.54) is 0 Å². The predicted molar refractivity (Wildman–Crippen MR) is 59.7 cm³/mol. The fraction of sp³-hybridized carbons (Fsp3) is 0.364. The fourth-order valence-corrected chi connectivity index (χ4v) is 1.28. The van der Waals surface area contributed by atoms with Gasteiger partial charge < -0.3 is 7.96 Å². The maximum absolute atomic E-state index is 11.1. The molecule has 0 bridgehead atoms. The van der Waals surface area contributed by atoms with Crippen molar-refractivity contribution in [2.75, 3.05) is 0 Å². The van der Waals surface area contributed by atoms with Crippen molar-refractivity contribution in [1.82, 2.24) is 0 Å². The Morgan fingerprint density at radius 1 is 1.43 bits per heavy atom. The minimum atomic E-state index is -0.763. The minimum absolute atomic E-state index is 0. The van der Waals surface area contributed by atoms with Crippen LogP contribution in [0.15, 0.2) is 30.3 Å². The van der Waals surface area contributed by atoms with Gasteiger partial charge in [0.1, 0.15) is 0 Å². The zero-order chi connectivity index (χ0) is 9.90. The first-order chi connectivity index (χ1) is 6.11. The summed E-state index contributed by atoms with van der Waals surface area (Å²) in [6, 6.07) is 9.34. The van der Waals surface area contributed by atoms with E-state index in [1.807, 2.05) is 37.3 Å². The molecule has 1 unspecified atom stereocenters. The molecule has 0 radical (unpaired) electrons. The van der Waals surface area contributed by atoms with Gasteiger partial charge in [0, 0.05) is 0 Å². The zero-order valence-electron chi connectivity index (χ0n) is 10.7. The van der Waals surface area contributed by atoms with E-state index >= 15 is 0 Å². The van der Waals surface area contributed by atoms with Crippen LogP contribution < -0.4 is 0 Å². The van der Waals surface area contributed by atoms with Gasteiger partial charge in [-0.15, -0.1) is 0 Å². The number of benzene rings is 1. The number of carboxylic acids is 1. The van der Waals surface area contributed by atoms with Gasteiger partial charge in [-0.25, -0.2) is 0 Å². The smallest absolute Gasteiger partial charge is 1.00 e. The van der Waals surface area contributed by atoms with Crippen molar-refractivity contribution >= 4 is 43.7 Å². The average Bonchev–Trinajstić information content (AvgIpc) is 2.17. The third-order valence-corrected chi connectivity index (χ3v) is 2.59. The van der Waals surface area contributed by atoms with Crippen molar-refractivity contribution in [1.29, 1.82) is 0 Å². The number of carbonyl (C=O) groups is 1. The monoisotopic (exact) mass is 220 g/mol. The first-order valence-electron chi connectivity index (χ1n) is 4.40. The molecule has 0 aliphatic carbocycles. The molecule has 0 aliphatic rings. The van der Waals surface area contributed by atoms with Gasteiger partial charge in [0.05, 0.1) is 5.41 Å². The summed E-state index contributed by atoms with van der Waals surface area (Å²) in [4.78, 5) is 11.1. The number of hydrogen-bond donors (Lipinski definition) is 1. The quantitative estimate of drug-likeness (QED) is 0.793. The van der Waals surface area contributed by atoms with Crippen LogP contribution in [-0.4, -0.2) is 48.8 Å². The maximum atomic E-state index is 11.1. The summed E-state index contributed by atoms with van der Waals surface area (Å²) in [5.74, 6) is -0.763. The summed E-state index contributed by atoms with van der Waals surface area (Å²) in [7, 11) is 0. The maximum Gasteiger partial charge on any atom is 2.00 e. The second kappa shape index (κ2) is 5.74. The van der Waals surface area contributed by atoms with E-state index in [1.54, 1.807) is 6.92 Å². The molecule has 1 aromatic carbocycles. The van der Waals surface area contributed by atoms with E-state index in [-0.39, 0.29) is 40.6 Å². The molecule has 0 heterocycles. The van der Waals surface area contributed by atoms with Gasteiger partial charge in [0.15, 0.2) is 0 Å². The van der Waals surface area contributed by atoms with Gasteiger partial charge in [-0.2, -0.15) is 0 Å². The first kappa shape index (κ1) is 13.9. The number of aliphatic carboxylic acids is 1. The van der Waals surface area contributed by atoms with Crippen molar-refractivity contribution in [2.45, 2.75) is 25.7 Å². The van der Waals surface area contributed by atoms with Crippen LogP contribution in [0.4, 0.5) is 0 Å². The van der Waals surface area contributed by atoms with Crippen molar-refractivity contribution in [2.24, 2.45) is 0 Å². The standard InChI is InChI=1S/C11H14O2.Ca.2H/c1-3-11(2,10(12)13)9-7-5-4-6-8-9;;;/h4-8H,3H2,1-2H3,(H,12,13);;;/q;+2;2*-1. The average molecular weight is 220 g/mol. The molecule has 1 atom stereocenters. The molecule has 0 fully saturated rings. The fourth-order valence-electron chi connectivity index (χ4n) is 1.28. The summed E-state index contributed by atoms with van der Waals surface area (Å²) in [5.41, 5.74) is 0.117. The number of hydrogen-bond acceptors (Lipinski definition) is 1. The molecule has 1 N–H and O–H groups in total. The van der Waals surface area contributed by atoms with Crippen molar-refractivity contribution in [3.63, 3.8) is 0 Å². The first-order valence-corrected chi connectivity index (χ1v) is 4.40. The van der Waals surface area contributed by atoms with Crippen LogP contribution in [0.2, 0.25) is 0 Å². The third kappa shape index (κ3) is 2.72. The SMILES string of the molecule is CCC(C)(C(=O)O)c1ccccc1.[Ca+2].[H-].[H-]. The Bertz CT molecular complexity index is 306. The van der Waals surface area contributed by atoms with Crippen molar-refractivity contribution in [3.05, 3.63) is 35.9 Å². The second-order valence-electron chi connectivity index (χ2n) is 3.36. The molecular formula is C11H16CaO2. The molecule has 0 aromatic heterocycles. The van der Waals surface area contributed by atoms with Crippen LogP contribution in [0.25, 0.3) is 0 Å². The van der Waals surface area contributed by atoms with Gasteiger partial charge in [0.25, 0.3) is 0 Å². The van der Waals surface area contributed by atoms with Crippen LogP contribution in [0, 0.1) is 0 Å². The normalized spacial score (nSPS) is 13.9. The van der Waals surface area contributed by atoms with Crippen LogP contribution in [0.3, 0.4) is 0 Å². The van der Waals surface area contributed by atoms with E-state index in [4.69, 9.17) is 5.11 Å². The zero-order valence-corrected chi connectivity index (χ0v) is 10.9. The van der Waals surface area contributed by atoms with E-state index in [9.17, 15) is 4.79 Å². The van der Waals surface area contributed by atoms with Crippen molar-refractivity contribution < 1.29 is 12.8 Å². The molecule has 1 rings (SSSR count). The summed E-state index contributed by atoms with van der Waals surface area (Å²) in [6.07, 6.45) is 0.604. The van der Waals surface area contributed by atoms with Crippen LogP contribution in [0.5, 0.6) is 0 Å². The van der Waals surface area contributed by atoms with E-state index in [0.717, 1.165) is 5.56 Å². The van der Waals surface area contributed by atoms with Gasteiger partial charge in [-0.3, -0.25) is 4.79 Å². The Labute approximate surface area is 117 Å². The van der Waals surface area contributed by atoms with Crippen molar-refractivity contribution in [3.8, 4) is 0 Å². The van der Waals surface area contributed by atoms with Gasteiger partial charge in [-0.1, -0.05) is 37.3 Å². The van der Waals surface area contributed by atoms with Crippen LogP contribution in [-0.2, 0) is 10.2 Å². The topological polar surface area (TPSA) is 37.3 Å². The molecule has 0 saturated heterocycles. The summed E-state index contributed by atoms with van der Waals surface area (Å²) < 4.78 is 0. The summed E-state index contributed by atoms with van der Waals surface area (Å²) >= 11 is 0. The van der Waals surface area contributed by atoms with E-state index < -0.39 is 11.4 Å². The van der Waals surface area contributed by atoms with E-state index in [0.29, 0.717) is 6.42 Å². The number of carboxylic acid groups (broad SMARTS) is 1. The Morgan fingerprint density at radius 2 is 1.93 bits per heavy atom. The molecule has 0 aliphatic heterocycles. The Hall–Kier alpha value is -0.0503. The van der Waals surface area contributed by atoms with Gasteiger partial charge in [-0.05, 0) is 18.9 Å². The second-order valence-corrected chi connectivity index (χ2v) is 3.36. The third-order valence-electron chi connectivity index (χ3n) is 2.59. The minimum Gasteiger partial charge on any atom is -1.00 e. The predicted octanol–water partition coefficient (Wildman–Crippen LogP) is 2.28. The Balaban J connectivity index is -0.000000563. The number of rotatable bonds is 3. The Morgan fingerprint density at radius 3 is 2.29 bits per heavy atom. The molecular weight excluding hydrogens is 204 g/mol. The molecule has 0 spiro atoms. The molecule has 14 heavy (non-hydrogen) atoms. The summed E-state index contributed by atoms with van der Waals surface area (Å²) in [6.45, 7) is 3.64. The Kier molecular flexibility index (Phi) is 5.72. The van der Waals surface area contributed by atoms with Gasteiger partial charge in [0.2, 0.25) is 0 Å².